The van der Waals surface area contributed by atoms with Gasteiger partial charge in [0.2, 0.25) is 0 Å². The zero-order valence-electron chi connectivity index (χ0n) is 14.3. The zero-order chi connectivity index (χ0) is 18.8. The Morgan fingerprint density at radius 3 is 2.52 bits per heavy atom. The van der Waals surface area contributed by atoms with E-state index < -0.39 is 35.4 Å². The van der Waals surface area contributed by atoms with Gasteiger partial charge in [0.15, 0.2) is 0 Å². The van der Waals surface area contributed by atoms with E-state index >= 15 is 0 Å². The van der Waals surface area contributed by atoms with E-state index in [0.29, 0.717) is 12.0 Å². The molecule has 4 N–H and O–H groups in total. The number of benzene rings is 1. The Labute approximate surface area is 145 Å². The monoisotopic (exact) mass is 347 g/mol. The van der Waals surface area contributed by atoms with Crippen molar-refractivity contribution < 1.29 is 24.3 Å². The second-order valence-electron chi connectivity index (χ2n) is 6.29. The van der Waals surface area contributed by atoms with Crippen LogP contribution in [0.2, 0.25) is 0 Å². The Hall–Kier alpha value is -2.90. The Bertz CT molecular complexity index is 733. The third-order valence-corrected chi connectivity index (χ3v) is 4.51. The third-order valence-electron chi connectivity index (χ3n) is 4.51. The summed E-state index contributed by atoms with van der Waals surface area (Å²) in [6.45, 7) is 5.12. The van der Waals surface area contributed by atoms with Gasteiger partial charge in [-0.2, -0.15) is 0 Å². The molecule has 8 nitrogen and oxygen atoms in total. The van der Waals surface area contributed by atoms with Crippen LogP contribution in [0.15, 0.2) is 24.3 Å². The van der Waals surface area contributed by atoms with E-state index in [4.69, 9.17) is 0 Å². The molecule has 1 aromatic carbocycles. The van der Waals surface area contributed by atoms with Gasteiger partial charge in [-0.1, -0.05) is 32.4 Å². The van der Waals surface area contributed by atoms with E-state index in [1.807, 2.05) is 6.92 Å². The van der Waals surface area contributed by atoms with Crippen LogP contribution in [0.5, 0.6) is 0 Å². The molecule has 1 aliphatic rings. The predicted octanol–water partition coefficient (Wildman–Crippen LogP) is 0.970. The van der Waals surface area contributed by atoms with Crippen LogP contribution < -0.4 is 16.0 Å². The van der Waals surface area contributed by atoms with Crippen molar-refractivity contribution in [1.82, 2.24) is 16.0 Å². The van der Waals surface area contributed by atoms with Gasteiger partial charge in [0.25, 0.3) is 11.8 Å². The lowest BCUT2D eigenvalue weighted by Crippen LogP contribution is -2.45. The highest BCUT2D eigenvalue weighted by Crippen LogP contribution is 2.25. The third kappa shape index (κ3) is 3.62. The van der Waals surface area contributed by atoms with Crippen LogP contribution in [-0.4, -0.2) is 35.0 Å². The predicted molar refractivity (Wildman–Crippen MR) is 88.8 cm³/mol. The minimum atomic E-state index is -1.28. The van der Waals surface area contributed by atoms with Crippen LogP contribution in [-0.2, 0) is 15.1 Å². The van der Waals surface area contributed by atoms with E-state index in [0.717, 1.165) is 0 Å². The molecule has 3 atom stereocenters. The largest absolute Gasteiger partial charge is 0.480 e. The fourth-order valence-electron chi connectivity index (χ4n) is 2.63. The number of rotatable bonds is 6. The molecular formula is C17H21N3O5. The summed E-state index contributed by atoms with van der Waals surface area (Å²) in [5.41, 5.74) is -0.642. The summed E-state index contributed by atoms with van der Waals surface area (Å²) in [6.07, 6.45) is 0.599. The molecule has 0 saturated carbocycles. The Kier molecular flexibility index (Phi) is 5.10. The topological polar surface area (TPSA) is 125 Å². The van der Waals surface area contributed by atoms with E-state index in [1.165, 1.54) is 19.1 Å². The van der Waals surface area contributed by atoms with Crippen molar-refractivity contribution in [1.29, 1.82) is 0 Å². The van der Waals surface area contributed by atoms with Gasteiger partial charge in [-0.05, 0) is 30.5 Å². The molecule has 1 heterocycles. The smallest absolute Gasteiger partial charge is 0.326 e. The van der Waals surface area contributed by atoms with Gasteiger partial charge in [-0.3, -0.25) is 14.9 Å². The molecule has 0 spiro atoms. The van der Waals surface area contributed by atoms with Gasteiger partial charge in [-0.15, -0.1) is 0 Å². The lowest BCUT2D eigenvalue weighted by atomic mass is 9.90. The molecule has 3 unspecified atom stereocenters. The molecule has 2 rings (SSSR count). The molecule has 0 radical (unpaired) electrons. The SMILES string of the molecule is CCC(C)C(NC(=O)c1cccc(C2(C)NC(=O)NC2=O)c1)C(=O)O. The van der Waals surface area contributed by atoms with Crippen molar-refractivity contribution in [3.05, 3.63) is 35.4 Å². The maximum absolute atomic E-state index is 12.4. The van der Waals surface area contributed by atoms with Crippen LogP contribution >= 0.6 is 0 Å². The Morgan fingerprint density at radius 1 is 1.32 bits per heavy atom. The number of urea groups is 1. The summed E-state index contributed by atoms with van der Waals surface area (Å²) in [7, 11) is 0. The van der Waals surface area contributed by atoms with E-state index in [1.54, 1.807) is 19.1 Å². The fourth-order valence-corrected chi connectivity index (χ4v) is 2.63. The molecule has 1 aliphatic heterocycles. The minimum Gasteiger partial charge on any atom is -0.480 e. The average molecular weight is 347 g/mol. The van der Waals surface area contributed by atoms with Crippen LogP contribution in [0.3, 0.4) is 0 Å². The van der Waals surface area contributed by atoms with E-state index in [-0.39, 0.29) is 11.5 Å². The first kappa shape index (κ1) is 18.4. The molecule has 8 heteroatoms. The van der Waals surface area contributed by atoms with Crippen LogP contribution in [0.25, 0.3) is 0 Å². The molecule has 4 amide bonds. The summed E-state index contributed by atoms with van der Waals surface area (Å²) < 4.78 is 0. The lowest BCUT2D eigenvalue weighted by molar-refractivity contribution is -0.140. The zero-order valence-corrected chi connectivity index (χ0v) is 14.3. The van der Waals surface area contributed by atoms with Gasteiger partial charge in [0.05, 0.1) is 0 Å². The van der Waals surface area contributed by atoms with Gasteiger partial charge >= 0.3 is 12.0 Å². The Morgan fingerprint density at radius 2 is 2.00 bits per heavy atom. The lowest BCUT2D eigenvalue weighted by Gasteiger charge is -2.23. The second kappa shape index (κ2) is 6.92. The number of nitrogens with one attached hydrogen (secondary N) is 3. The highest BCUT2D eigenvalue weighted by atomic mass is 16.4. The molecule has 1 fully saturated rings. The van der Waals surface area contributed by atoms with Gasteiger partial charge in [0, 0.05) is 5.56 Å². The number of imide groups is 1. The Balaban J connectivity index is 2.26. The number of carboxylic acids is 1. The highest BCUT2D eigenvalue weighted by molar-refractivity contribution is 6.07. The van der Waals surface area contributed by atoms with Crippen molar-refractivity contribution in [3.8, 4) is 0 Å². The number of carbonyl (C=O) groups excluding carboxylic acids is 3. The number of carbonyl (C=O) groups is 4. The maximum Gasteiger partial charge on any atom is 0.326 e. The minimum absolute atomic E-state index is 0.210. The van der Waals surface area contributed by atoms with Gasteiger partial charge in [0.1, 0.15) is 11.6 Å². The number of amides is 4. The molecule has 0 aromatic heterocycles. The van der Waals surface area contributed by atoms with Gasteiger partial charge in [-0.25, -0.2) is 9.59 Å². The summed E-state index contributed by atoms with van der Waals surface area (Å²) in [6, 6.07) is 4.57. The highest BCUT2D eigenvalue weighted by Gasteiger charge is 2.43. The number of carboxylic acid groups (broad SMARTS) is 1. The maximum atomic E-state index is 12.4. The summed E-state index contributed by atoms with van der Waals surface area (Å²) in [5, 5.41) is 16.5. The van der Waals surface area contributed by atoms with Gasteiger partial charge < -0.3 is 15.7 Å². The quantitative estimate of drug-likeness (QED) is 0.571. The molecule has 1 aromatic rings. The summed E-state index contributed by atoms with van der Waals surface area (Å²) in [5.74, 6) is -2.41. The molecular weight excluding hydrogens is 326 g/mol. The van der Waals surface area contributed by atoms with Crippen molar-refractivity contribution in [2.24, 2.45) is 5.92 Å². The van der Waals surface area contributed by atoms with E-state index in [9.17, 15) is 24.3 Å². The first-order chi connectivity index (χ1) is 11.7. The van der Waals surface area contributed by atoms with E-state index in [2.05, 4.69) is 16.0 Å². The van der Waals surface area contributed by atoms with Crippen molar-refractivity contribution >= 4 is 23.8 Å². The molecule has 25 heavy (non-hydrogen) atoms. The number of aliphatic carboxylic acids is 1. The van der Waals surface area contributed by atoms with Crippen LogP contribution in [0.4, 0.5) is 4.79 Å². The van der Waals surface area contributed by atoms with Crippen molar-refractivity contribution in [3.63, 3.8) is 0 Å². The second-order valence-corrected chi connectivity index (χ2v) is 6.29. The van der Waals surface area contributed by atoms with Crippen molar-refractivity contribution in [2.45, 2.75) is 38.8 Å². The first-order valence-electron chi connectivity index (χ1n) is 7.96. The molecule has 0 aliphatic carbocycles. The van der Waals surface area contributed by atoms with Crippen LogP contribution in [0, 0.1) is 5.92 Å². The van der Waals surface area contributed by atoms with Crippen molar-refractivity contribution in [2.75, 3.05) is 0 Å². The number of hydrogen-bond acceptors (Lipinski definition) is 4. The van der Waals surface area contributed by atoms with Crippen LogP contribution in [0.1, 0.15) is 43.1 Å². The number of hydrogen-bond donors (Lipinski definition) is 4. The average Bonchev–Trinajstić information content (AvgIpc) is 2.84. The molecule has 1 saturated heterocycles. The molecule has 0 bridgehead atoms. The normalized spacial score (nSPS) is 21.9. The summed E-state index contributed by atoms with van der Waals surface area (Å²) >= 11 is 0. The molecule has 134 valence electrons. The fraction of sp³-hybridized carbons (Fsp3) is 0.412. The summed E-state index contributed by atoms with van der Waals surface area (Å²) in [4.78, 5) is 47.2. The first-order valence-corrected chi connectivity index (χ1v) is 7.96. The standard InChI is InChI=1S/C17H21N3O5/c1-4-9(2)12(14(22)23)18-13(21)10-6-5-7-11(8-10)17(3)15(24)19-16(25)20-17/h5-9,12H,4H2,1-3H3,(H,18,21)(H,22,23)(H2,19,20,24,25).